The second kappa shape index (κ2) is 5.85. The molecule has 0 unspecified atom stereocenters. The number of benzene rings is 1. The average Bonchev–Trinajstić information content (AvgIpc) is 2.26. The van der Waals surface area contributed by atoms with E-state index in [2.05, 4.69) is 0 Å². The van der Waals surface area contributed by atoms with Gasteiger partial charge in [0.2, 0.25) is 0 Å². The molecule has 2 nitrogen and oxygen atoms in total. The van der Waals surface area contributed by atoms with Crippen molar-refractivity contribution in [2.24, 2.45) is 0 Å². The molecule has 0 radical (unpaired) electrons. The van der Waals surface area contributed by atoms with Crippen molar-refractivity contribution < 1.29 is 8.42 Å². The molecule has 0 fully saturated rings. The van der Waals surface area contributed by atoms with Crippen molar-refractivity contribution in [1.29, 1.82) is 0 Å². The van der Waals surface area contributed by atoms with Gasteiger partial charge in [0.1, 0.15) is 0 Å². The van der Waals surface area contributed by atoms with Crippen LogP contribution in [-0.4, -0.2) is 8.42 Å². The minimum Gasteiger partial charge on any atom is -0.224 e. The number of sulfone groups is 1. The summed E-state index contributed by atoms with van der Waals surface area (Å²) in [5.74, 6) is 0.105. The minimum atomic E-state index is -3.13. The van der Waals surface area contributed by atoms with E-state index in [9.17, 15) is 8.42 Å². The van der Waals surface area contributed by atoms with Crippen LogP contribution in [0, 0.1) is 0 Å². The first-order valence-corrected chi connectivity index (χ1v) is 7.21. The highest BCUT2D eigenvalue weighted by atomic mass is 32.2. The van der Waals surface area contributed by atoms with E-state index in [1.54, 1.807) is 6.08 Å². The monoisotopic (exact) mass is 238 g/mol. The van der Waals surface area contributed by atoms with Gasteiger partial charge in [-0.05, 0) is 18.4 Å². The lowest BCUT2D eigenvalue weighted by Crippen LogP contribution is -2.07. The first-order valence-electron chi connectivity index (χ1n) is 5.56. The normalized spacial score (nSPS) is 12.8. The van der Waals surface area contributed by atoms with Crippen LogP contribution in [0.25, 0.3) is 0 Å². The zero-order chi connectivity index (χ0) is 12.0. The Labute approximate surface area is 97.9 Å². The van der Waals surface area contributed by atoms with Gasteiger partial charge in [-0.25, -0.2) is 8.42 Å². The largest absolute Gasteiger partial charge is 0.224 e. The van der Waals surface area contributed by atoms with Gasteiger partial charge < -0.3 is 0 Å². The minimum absolute atomic E-state index is 0.105. The Balaban J connectivity index is 2.92. The van der Waals surface area contributed by atoms with Gasteiger partial charge in [0, 0.05) is 4.91 Å². The van der Waals surface area contributed by atoms with Crippen LogP contribution in [0.3, 0.4) is 0 Å². The Kier molecular flexibility index (Phi) is 4.74. The molecular formula is C13H18O2S. The molecule has 0 spiro atoms. The van der Waals surface area contributed by atoms with Gasteiger partial charge >= 0.3 is 0 Å². The molecule has 88 valence electrons. The Morgan fingerprint density at radius 2 is 1.81 bits per heavy atom. The van der Waals surface area contributed by atoms with Gasteiger partial charge in [-0.1, -0.05) is 50.3 Å². The summed E-state index contributed by atoms with van der Waals surface area (Å²) >= 11 is 0. The van der Waals surface area contributed by atoms with Crippen molar-refractivity contribution in [3.05, 3.63) is 46.9 Å². The molecule has 0 heterocycles. The first-order chi connectivity index (χ1) is 7.60. The summed E-state index contributed by atoms with van der Waals surface area (Å²) in [6, 6.07) is 9.30. The molecule has 0 atom stereocenters. The molecule has 0 aliphatic carbocycles. The SMILES string of the molecule is CC/C=C(\CC)S(=O)(=O)Cc1ccccc1. The standard InChI is InChI=1S/C13H18O2S/c1-3-8-13(4-2)16(14,15)11-12-9-6-5-7-10-12/h5-10H,3-4,11H2,1-2H3/b13-8+. The number of rotatable bonds is 5. The van der Waals surface area contributed by atoms with Crippen molar-refractivity contribution in [3.8, 4) is 0 Å². The predicted octanol–water partition coefficient (Wildman–Crippen LogP) is 3.31. The van der Waals surface area contributed by atoms with E-state index in [-0.39, 0.29) is 5.75 Å². The summed E-state index contributed by atoms with van der Waals surface area (Å²) < 4.78 is 24.1. The zero-order valence-corrected chi connectivity index (χ0v) is 10.6. The Morgan fingerprint density at radius 3 is 2.31 bits per heavy atom. The van der Waals surface area contributed by atoms with Crippen molar-refractivity contribution in [2.45, 2.75) is 32.4 Å². The van der Waals surface area contributed by atoms with E-state index in [4.69, 9.17) is 0 Å². The smallest absolute Gasteiger partial charge is 0.178 e. The van der Waals surface area contributed by atoms with E-state index in [1.807, 2.05) is 44.2 Å². The Hall–Kier alpha value is -1.09. The highest BCUT2D eigenvalue weighted by molar-refractivity contribution is 7.94. The summed E-state index contributed by atoms with van der Waals surface area (Å²) in [7, 11) is -3.13. The Bertz CT molecular complexity index is 444. The third-order valence-electron chi connectivity index (χ3n) is 2.38. The van der Waals surface area contributed by atoms with E-state index in [0.29, 0.717) is 11.3 Å². The topological polar surface area (TPSA) is 34.1 Å². The molecule has 0 saturated carbocycles. The molecule has 0 N–H and O–H groups in total. The van der Waals surface area contributed by atoms with Crippen LogP contribution >= 0.6 is 0 Å². The van der Waals surface area contributed by atoms with Gasteiger partial charge in [-0.2, -0.15) is 0 Å². The van der Waals surface area contributed by atoms with E-state index < -0.39 is 9.84 Å². The molecule has 16 heavy (non-hydrogen) atoms. The highest BCUT2D eigenvalue weighted by Crippen LogP contribution is 2.17. The van der Waals surface area contributed by atoms with Gasteiger partial charge in [-0.15, -0.1) is 0 Å². The maximum Gasteiger partial charge on any atom is 0.178 e. The number of hydrogen-bond donors (Lipinski definition) is 0. The lowest BCUT2D eigenvalue weighted by atomic mass is 10.2. The maximum absolute atomic E-state index is 12.1. The molecule has 1 aromatic rings. The van der Waals surface area contributed by atoms with E-state index in [0.717, 1.165) is 12.0 Å². The quantitative estimate of drug-likeness (QED) is 0.788. The van der Waals surface area contributed by atoms with Crippen LogP contribution in [0.15, 0.2) is 41.3 Å². The third-order valence-corrected chi connectivity index (χ3v) is 4.35. The lowest BCUT2D eigenvalue weighted by molar-refractivity contribution is 0.599. The van der Waals surface area contributed by atoms with E-state index in [1.165, 1.54) is 0 Å². The molecule has 0 aliphatic rings. The fourth-order valence-corrected chi connectivity index (χ4v) is 3.28. The number of hydrogen-bond acceptors (Lipinski definition) is 2. The van der Waals surface area contributed by atoms with Crippen molar-refractivity contribution in [1.82, 2.24) is 0 Å². The van der Waals surface area contributed by atoms with Gasteiger partial charge in [-0.3, -0.25) is 0 Å². The first kappa shape index (κ1) is 13.0. The van der Waals surface area contributed by atoms with Crippen LogP contribution in [0.4, 0.5) is 0 Å². The molecular weight excluding hydrogens is 220 g/mol. The fourth-order valence-electron chi connectivity index (χ4n) is 1.61. The Morgan fingerprint density at radius 1 is 1.19 bits per heavy atom. The molecule has 3 heteroatoms. The van der Waals surface area contributed by atoms with Crippen LogP contribution in [0.1, 0.15) is 32.3 Å². The molecule has 0 aliphatic heterocycles. The summed E-state index contributed by atoms with van der Waals surface area (Å²) in [5.41, 5.74) is 0.845. The second-order valence-electron chi connectivity index (χ2n) is 3.68. The predicted molar refractivity (Wildman–Crippen MR) is 67.7 cm³/mol. The van der Waals surface area contributed by atoms with Crippen molar-refractivity contribution >= 4 is 9.84 Å². The van der Waals surface area contributed by atoms with Gasteiger partial charge in [0.05, 0.1) is 5.75 Å². The molecule has 0 amide bonds. The summed E-state index contributed by atoms with van der Waals surface area (Å²) in [4.78, 5) is 0.554. The second-order valence-corrected chi connectivity index (χ2v) is 5.72. The molecule has 0 bridgehead atoms. The van der Waals surface area contributed by atoms with Gasteiger partial charge in [0.15, 0.2) is 9.84 Å². The fraction of sp³-hybridized carbons (Fsp3) is 0.385. The van der Waals surface area contributed by atoms with Crippen LogP contribution in [-0.2, 0) is 15.6 Å². The molecule has 1 rings (SSSR count). The lowest BCUT2D eigenvalue weighted by Gasteiger charge is -2.07. The summed E-state index contributed by atoms with van der Waals surface area (Å²) in [6.07, 6.45) is 3.14. The average molecular weight is 238 g/mol. The maximum atomic E-state index is 12.1. The van der Waals surface area contributed by atoms with Crippen LogP contribution in [0.5, 0.6) is 0 Å². The molecule has 0 aromatic heterocycles. The van der Waals surface area contributed by atoms with Crippen molar-refractivity contribution in [2.75, 3.05) is 0 Å². The molecule has 1 aromatic carbocycles. The molecule has 0 saturated heterocycles. The van der Waals surface area contributed by atoms with E-state index >= 15 is 0 Å². The third kappa shape index (κ3) is 3.49. The van der Waals surface area contributed by atoms with Gasteiger partial charge in [0.25, 0.3) is 0 Å². The summed E-state index contributed by atoms with van der Waals surface area (Å²) in [5, 5.41) is 0. The summed E-state index contributed by atoms with van der Waals surface area (Å²) in [6.45, 7) is 3.83. The number of allylic oxidation sites excluding steroid dienone is 2. The zero-order valence-electron chi connectivity index (χ0n) is 9.81. The highest BCUT2D eigenvalue weighted by Gasteiger charge is 2.16. The van der Waals surface area contributed by atoms with Crippen molar-refractivity contribution in [3.63, 3.8) is 0 Å². The van der Waals surface area contributed by atoms with Crippen LogP contribution < -0.4 is 0 Å². The van der Waals surface area contributed by atoms with Crippen LogP contribution in [0.2, 0.25) is 0 Å².